The molecule has 0 aliphatic carbocycles. The van der Waals surface area contributed by atoms with Gasteiger partial charge in [-0.1, -0.05) is 34.5 Å². The van der Waals surface area contributed by atoms with Gasteiger partial charge in [0.05, 0.1) is 31.4 Å². The van der Waals surface area contributed by atoms with Crippen molar-refractivity contribution in [1.29, 1.82) is 0 Å². The fraction of sp³-hybridized carbons (Fsp3) is 0.389. The lowest BCUT2D eigenvalue weighted by atomic mass is 10.2. The van der Waals surface area contributed by atoms with Crippen LogP contribution in [0, 0.1) is 17.0 Å². The molecule has 0 atom stereocenters. The molecule has 3 aromatic heterocycles. The second-order valence-electron chi connectivity index (χ2n) is 6.22. The fourth-order valence-electron chi connectivity index (χ4n) is 2.58. The first kappa shape index (κ1) is 27.1. The van der Waals surface area contributed by atoms with Gasteiger partial charge in [-0.05, 0) is 6.92 Å². The van der Waals surface area contributed by atoms with Crippen molar-refractivity contribution in [1.82, 2.24) is 20.3 Å². The SMILES string of the molecule is COc1cc(C)c([N+](=O)[O-])c(N(CCO)c2cnc(Cl)s2)n1.OCCNCc1cnc(Cl)s1. The molecule has 0 spiro atoms. The van der Waals surface area contributed by atoms with Gasteiger partial charge in [0.2, 0.25) is 11.7 Å². The molecule has 0 unspecified atom stereocenters. The van der Waals surface area contributed by atoms with Crippen LogP contribution in [0.15, 0.2) is 18.5 Å². The summed E-state index contributed by atoms with van der Waals surface area (Å²) in [5, 5.41) is 32.7. The van der Waals surface area contributed by atoms with Crippen LogP contribution in [0.2, 0.25) is 8.93 Å². The van der Waals surface area contributed by atoms with E-state index in [2.05, 4.69) is 20.3 Å². The number of hydrogen-bond donors (Lipinski definition) is 3. The zero-order valence-corrected chi connectivity index (χ0v) is 20.8. The maximum absolute atomic E-state index is 11.4. The molecule has 11 nitrogen and oxygen atoms in total. The van der Waals surface area contributed by atoms with Crippen LogP contribution in [0.5, 0.6) is 5.88 Å². The minimum Gasteiger partial charge on any atom is -0.481 e. The number of aromatic nitrogens is 3. The summed E-state index contributed by atoms with van der Waals surface area (Å²) < 4.78 is 5.93. The van der Waals surface area contributed by atoms with Crippen LogP contribution in [-0.2, 0) is 6.54 Å². The first-order valence-corrected chi connectivity index (χ1v) is 11.8. The van der Waals surface area contributed by atoms with Gasteiger partial charge in [-0.15, -0.1) is 11.3 Å². The molecule has 33 heavy (non-hydrogen) atoms. The number of methoxy groups -OCH3 is 1. The van der Waals surface area contributed by atoms with Gasteiger partial charge in [0.1, 0.15) is 5.00 Å². The highest BCUT2D eigenvalue weighted by Gasteiger charge is 2.27. The van der Waals surface area contributed by atoms with Crippen LogP contribution < -0.4 is 15.0 Å². The number of aliphatic hydroxyl groups excluding tert-OH is 2. The lowest BCUT2D eigenvalue weighted by Crippen LogP contribution is -2.23. The van der Waals surface area contributed by atoms with Crippen molar-refractivity contribution < 1.29 is 19.9 Å². The number of thiazole rings is 2. The molecule has 0 saturated heterocycles. The van der Waals surface area contributed by atoms with Crippen molar-refractivity contribution in [3.05, 3.63) is 47.9 Å². The standard InChI is InChI=1S/C12H13ClN4O4S.C6H9ClN2OS/c1-7-5-8(21-2)15-11(10(7)17(19)20)16(3-4-18)9-6-14-12(13)22-9;7-6-9-4-5(11-6)3-8-1-2-10/h5-6,18H,3-4H2,1-2H3;4,8,10H,1-3H2. The van der Waals surface area contributed by atoms with Gasteiger partial charge in [0.25, 0.3) is 0 Å². The molecule has 0 aromatic carbocycles. The number of ether oxygens (including phenoxy) is 1. The van der Waals surface area contributed by atoms with Gasteiger partial charge in [0.15, 0.2) is 8.93 Å². The number of nitrogens with one attached hydrogen (secondary N) is 1. The highest BCUT2D eigenvalue weighted by Crippen LogP contribution is 2.39. The number of aliphatic hydroxyl groups is 2. The fourth-order valence-corrected chi connectivity index (χ4v) is 4.49. The Hall–Kier alpha value is -2.13. The van der Waals surface area contributed by atoms with E-state index in [4.69, 9.17) is 33.0 Å². The van der Waals surface area contributed by atoms with E-state index >= 15 is 0 Å². The third kappa shape index (κ3) is 7.99. The quantitative estimate of drug-likeness (QED) is 0.200. The van der Waals surface area contributed by atoms with Crippen LogP contribution in [0.3, 0.4) is 0 Å². The molecular formula is C18H22Cl2N6O5S2. The van der Waals surface area contributed by atoms with Crippen LogP contribution in [0.25, 0.3) is 0 Å². The average molecular weight is 537 g/mol. The first-order chi connectivity index (χ1) is 15.8. The second-order valence-corrected chi connectivity index (χ2v) is 9.51. The first-order valence-electron chi connectivity index (χ1n) is 9.42. The summed E-state index contributed by atoms with van der Waals surface area (Å²) in [5.41, 5.74) is 0.254. The molecule has 3 heterocycles. The Kier molecular flexibility index (Phi) is 11.1. The minimum atomic E-state index is -0.510. The summed E-state index contributed by atoms with van der Waals surface area (Å²) >= 11 is 14.0. The monoisotopic (exact) mass is 536 g/mol. The molecule has 0 bridgehead atoms. The van der Waals surface area contributed by atoms with E-state index in [0.717, 1.165) is 22.8 Å². The Bertz CT molecular complexity index is 1050. The lowest BCUT2D eigenvalue weighted by Gasteiger charge is -2.21. The van der Waals surface area contributed by atoms with Crippen LogP contribution >= 0.6 is 45.9 Å². The van der Waals surface area contributed by atoms with E-state index < -0.39 is 4.92 Å². The van der Waals surface area contributed by atoms with E-state index in [-0.39, 0.29) is 37.1 Å². The zero-order valence-electron chi connectivity index (χ0n) is 17.7. The number of nitrogens with zero attached hydrogens (tertiary/aromatic N) is 5. The largest absolute Gasteiger partial charge is 0.481 e. The molecule has 0 fully saturated rings. The third-order valence-corrected chi connectivity index (χ3v) is 6.21. The number of aryl methyl sites for hydroxylation is 1. The smallest absolute Gasteiger partial charge is 0.315 e. The molecule has 180 valence electrons. The summed E-state index contributed by atoms with van der Waals surface area (Å²) in [6.07, 6.45) is 3.21. The molecule has 3 rings (SSSR count). The van der Waals surface area contributed by atoms with Gasteiger partial charge >= 0.3 is 5.69 Å². The molecule has 3 aromatic rings. The number of hydrogen-bond acceptors (Lipinski definition) is 12. The van der Waals surface area contributed by atoms with E-state index in [0.29, 0.717) is 26.0 Å². The van der Waals surface area contributed by atoms with E-state index in [1.165, 1.54) is 35.6 Å². The number of anilines is 2. The van der Waals surface area contributed by atoms with Crippen molar-refractivity contribution >= 4 is 62.4 Å². The molecule has 0 amide bonds. The average Bonchev–Trinajstić information content (AvgIpc) is 3.39. The molecular weight excluding hydrogens is 515 g/mol. The topological polar surface area (TPSA) is 147 Å². The Balaban J connectivity index is 0.000000294. The van der Waals surface area contributed by atoms with Crippen LogP contribution in [0.4, 0.5) is 16.5 Å². The summed E-state index contributed by atoms with van der Waals surface area (Å²) in [5.74, 6) is 0.327. The van der Waals surface area contributed by atoms with Crippen molar-refractivity contribution in [3.8, 4) is 5.88 Å². The molecule has 0 aliphatic heterocycles. The van der Waals surface area contributed by atoms with Gasteiger partial charge in [-0.3, -0.25) is 10.1 Å². The van der Waals surface area contributed by atoms with E-state index in [9.17, 15) is 15.2 Å². The maximum atomic E-state index is 11.4. The third-order valence-electron chi connectivity index (χ3n) is 3.96. The Morgan fingerprint density at radius 2 is 1.91 bits per heavy atom. The zero-order chi connectivity index (χ0) is 24.4. The number of pyridine rings is 1. The predicted molar refractivity (Wildman–Crippen MR) is 129 cm³/mol. The van der Waals surface area contributed by atoms with Gasteiger partial charge in [-0.25, -0.2) is 9.97 Å². The summed E-state index contributed by atoms with van der Waals surface area (Å²) in [6, 6.07) is 1.48. The summed E-state index contributed by atoms with van der Waals surface area (Å²) in [4.78, 5) is 25.4. The predicted octanol–water partition coefficient (Wildman–Crippen LogP) is 3.43. The van der Waals surface area contributed by atoms with Crippen molar-refractivity contribution in [2.45, 2.75) is 13.5 Å². The maximum Gasteiger partial charge on any atom is 0.315 e. The van der Waals surface area contributed by atoms with Gasteiger partial charge < -0.3 is 25.2 Å². The molecule has 3 N–H and O–H groups in total. The molecule has 0 radical (unpaired) electrons. The van der Waals surface area contributed by atoms with Crippen molar-refractivity contribution in [3.63, 3.8) is 0 Å². The molecule has 0 saturated carbocycles. The van der Waals surface area contributed by atoms with Crippen molar-refractivity contribution in [2.24, 2.45) is 0 Å². The lowest BCUT2D eigenvalue weighted by molar-refractivity contribution is -0.384. The number of nitro groups is 1. The van der Waals surface area contributed by atoms with E-state index in [1.54, 1.807) is 13.1 Å². The summed E-state index contributed by atoms with van der Waals surface area (Å²) in [6.45, 7) is 2.99. The van der Waals surface area contributed by atoms with Crippen LogP contribution in [-0.4, -0.2) is 63.5 Å². The van der Waals surface area contributed by atoms with E-state index in [1.807, 2.05) is 0 Å². The Morgan fingerprint density at radius 3 is 2.42 bits per heavy atom. The normalized spacial score (nSPS) is 10.5. The second kappa shape index (κ2) is 13.5. The molecule has 0 aliphatic rings. The highest BCUT2D eigenvalue weighted by molar-refractivity contribution is 7.19. The Labute approximate surface area is 207 Å². The highest BCUT2D eigenvalue weighted by atomic mass is 35.5. The number of rotatable bonds is 10. The summed E-state index contributed by atoms with van der Waals surface area (Å²) in [7, 11) is 1.43. The van der Waals surface area contributed by atoms with Gasteiger partial charge in [0, 0.05) is 42.3 Å². The Morgan fingerprint density at radius 1 is 1.21 bits per heavy atom. The number of halogens is 2. The minimum absolute atomic E-state index is 0.0798. The van der Waals surface area contributed by atoms with Crippen LogP contribution in [0.1, 0.15) is 10.4 Å². The van der Waals surface area contributed by atoms with Gasteiger partial charge in [-0.2, -0.15) is 4.98 Å². The molecule has 15 heteroatoms. The van der Waals surface area contributed by atoms with Crippen molar-refractivity contribution in [2.75, 3.05) is 38.3 Å².